The lowest BCUT2D eigenvalue weighted by Crippen LogP contribution is -2.29. The lowest BCUT2D eigenvalue weighted by Gasteiger charge is -2.14. The Morgan fingerprint density at radius 2 is 1.71 bits per heavy atom. The number of aryl methyl sites for hydroxylation is 2. The highest BCUT2D eigenvalue weighted by molar-refractivity contribution is 5.94. The molecular weight excluding hydrogens is 432 g/mol. The fourth-order valence-electron chi connectivity index (χ4n) is 3.52. The second-order valence-corrected chi connectivity index (χ2v) is 7.80. The molecule has 1 amide bonds. The SMILES string of the molecule is O=C(O)CC[C@H](NC(=O)c1ccc(-c2cccnc2)cc1)c1nnc(CCc2ccccc2)o1. The van der Waals surface area contributed by atoms with Gasteiger partial charge >= 0.3 is 5.97 Å². The monoisotopic (exact) mass is 456 g/mol. The number of nitrogens with one attached hydrogen (secondary N) is 1. The van der Waals surface area contributed by atoms with Crippen LogP contribution in [0.5, 0.6) is 0 Å². The van der Waals surface area contributed by atoms with Crippen LogP contribution in [0, 0.1) is 0 Å². The van der Waals surface area contributed by atoms with Crippen LogP contribution in [0.2, 0.25) is 0 Å². The van der Waals surface area contributed by atoms with Crippen LogP contribution < -0.4 is 5.32 Å². The first-order valence-corrected chi connectivity index (χ1v) is 11.0. The van der Waals surface area contributed by atoms with Crippen molar-refractivity contribution in [1.29, 1.82) is 0 Å². The Morgan fingerprint density at radius 1 is 0.912 bits per heavy atom. The molecular formula is C26H24N4O4. The predicted molar refractivity (Wildman–Crippen MR) is 125 cm³/mol. The number of rotatable bonds is 10. The number of carboxylic acids is 1. The Balaban J connectivity index is 1.44. The van der Waals surface area contributed by atoms with E-state index >= 15 is 0 Å². The van der Waals surface area contributed by atoms with Crippen LogP contribution in [0.15, 0.2) is 83.5 Å². The number of amides is 1. The van der Waals surface area contributed by atoms with Crippen molar-refractivity contribution >= 4 is 11.9 Å². The van der Waals surface area contributed by atoms with Gasteiger partial charge in [0, 0.05) is 30.8 Å². The minimum Gasteiger partial charge on any atom is -0.481 e. The average molecular weight is 457 g/mol. The molecule has 0 aliphatic carbocycles. The lowest BCUT2D eigenvalue weighted by atomic mass is 10.0. The third-order valence-electron chi connectivity index (χ3n) is 5.35. The molecule has 2 heterocycles. The van der Waals surface area contributed by atoms with E-state index < -0.39 is 12.0 Å². The van der Waals surface area contributed by atoms with Crippen molar-refractivity contribution in [1.82, 2.24) is 20.5 Å². The standard InChI is InChI=1S/C26H24N4O4/c31-24(32)15-13-22(26-30-29-23(34-26)14-8-18-5-2-1-3-6-18)28-25(33)20-11-9-19(10-12-20)21-7-4-16-27-17-21/h1-7,9-12,16-17,22H,8,13-15H2,(H,28,33)(H,31,32)/t22-/m0/s1. The summed E-state index contributed by atoms with van der Waals surface area (Å²) in [6.07, 6.45) is 4.72. The molecule has 34 heavy (non-hydrogen) atoms. The maximum atomic E-state index is 12.9. The molecule has 0 aliphatic heterocycles. The fraction of sp³-hybridized carbons (Fsp3) is 0.192. The largest absolute Gasteiger partial charge is 0.481 e. The number of hydrogen-bond acceptors (Lipinski definition) is 6. The van der Waals surface area contributed by atoms with Crippen molar-refractivity contribution in [2.75, 3.05) is 0 Å². The van der Waals surface area contributed by atoms with E-state index in [0.29, 0.717) is 17.9 Å². The van der Waals surface area contributed by atoms with Gasteiger partial charge in [0.1, 0.15) is 6.04 Å². The van der Waals surface area contributed by atoms with Gasteiger partial charge in [-0.25, -0.2) is 0 Å². The van der Waals surface area contributed by atoms with E-state index in [1.807, 2.05) is 54.6 Å². The maximum absolute atomic E-state index is 12.9. The second kappa shape index (κ2) is 11.0. The number of nitrogens with zero attached hydrogens (tertiary/aromatic N) is 3. The highest BCUT2D eigenvalue weighted by Crippen LogP contribution is 2.21. The van der Waals surface area contributed by atoms with Crippen molar-refractivity contribution < 1.29 is 19.1 Å². The van der Waals surface area contributed by atoms with Crippen molar-refractivity contribution in [3.63, 3.8) is 0 Å². The molecule has 0 bridgehead atoms. The molecule has 8 heteroatoms. The zero-order valence-electron chi connectivity index (χ0n) is 18.4. The van der Waals surface area contributed by atoms with E-state index in [2.05, 4.69) is 20.5 Å². The quantitative estimate of drug-likeness (QED) is 0.366. The van der Waals surface area contributed by atoms with E-state index in [9.17, 15) is 9.59 Å². The van der Waals surface area contributed by atoms with Gasteiger partial charge in [-0.1, -0.05) is 48.5 Å². The predicted octanol–water partition coefficient (Wildman–Crippen LogP) is 4.25. The normalized spacial score (nSPS) is 11.6. The molecule has 0 unspecified atom stereocenters. The first-order chi connectivity index (χ1) is 16.6. The summed E-state index contributed by atoms with van der Waals surface area (Å²) in [6, 6.07) is 20.1. The summed E-state index contributed by atoms with van der Waals surface area (Å²) >= 11 is 0. The third kappa shape index (κ3) is 6.13. The Hall–Kier alpha value is -4.33. The summed E-state index contributed by atoms with van der Waals surface area (Å²) in [5.74, 6) is -0.681. The highest BCUT2D eigenvalue weighted by Gasteiger charge is 2.23. The molecule has 0 fully saturated rings. The zero-order chi connectivity index (χ0) is 23.8. The summed E-state index contributed by atoms with van der Waals surface area (Å²) in [6.45, 7) is 0. The fourth-order valence-corrected chi connectivity index (χ4v) is 3.52. The summed E-state index contributed by atoms with van der Waals surface area (Å²) in [5.41, 5.74) is 3.47. The molecule has 0 aliphatic rings. The maximum Gasteiger partial charge on any atom is 0.303 e. The van der Waals surface area contributed by atoms with Gasteiger partial charge in [-0.05, 0) is 47.7 Å². The van der Waals surface area contributed by atoms with Gasteiger partial charge in [-0.2, -0.15) is 0 Å². The average Bonchev–Trinajstić information content (AvgIpc) is 3.35. The molecule has 1 atom stereocenters. The van der Waals surface area contributed by atoms with Gasteiger partial charge in [-0.15, -0.1) is 10.2 Å². The van der Waals surface area contributed by atoms with Crippen molar-refractivity contribution in [3.8, 4) is 11.1 Å². The van der Waals surface area contributed by atoms with Crippen LogP contribution in [0.3, 0.4) is 0 Å². The molecule has 4 aromatic rings. The van der Waals surface area contributed by atoms with Crippen molar-refractivity contribution in [2.45, 2.75) is 31.7 Å². The third-order valence-corrected chi connectivity index (χ3v) is 5.35. The zero-order valence-corrected chi connectivity index (χ0v) is 18.4. The van der Waals surface area contributed by atoms with Gasteiger partial charge in [0.15, 0.2) is 0 Å². The highest BCUT2D eigenvalue weighted by atomic mass is 16.4. The summed E-state index contributed by atoms with van der Waals surface area (Å²) in [7, 11) is 0. The van der Waals surface area contributed by atoms with Crippen LogP contribution in [-0.4, -0.2) is 32.2 Å². The Bertz CT molecular complexity index is 1220. The van der Waals surface area contributed by atoms with E-state index in [4.69, 9.17) is 9.52 Å². The van der Waals surface area contributed by atoms with Gasteiger partial charge in [0.05, 0.1) is 0 Å². The van der Waals surface area contributed by atoms with Gasteiger partial charge < -0.3 is 14.8 Å². The number of aliphatic carboxylic acids is 1. The number of pyridine rings is 1. The topological polar surface area (TPSA) is 118 Å². The van der Waals surface area contributed by atoms with Crippen LogP contribution in [-0.2, 0) is 17.6 Å². The molecule has 4 rings (SSSR count). The molecule has 8 nitrogen and oxygen atoms in total. The molecule has 0 saturated heterocycles. The van der Waals surface area contributed by atoms with E-state index in [1.54, 1.807) is 24.5 Å². The number of carboxylic acid groups (broad SMARTS) is 1. The van der Waals surface area contributed by atoms with Gasteiger partial charge in [0.25, 0.3) is 5.91 Å². The summed E-state index contributed by atoms with van der Waals surface area (Å²) in [4.78, 5) is 28.1. The smallest absolute Gasteiger partial charge is 0.303 e. The van der Waals surface area contributed by atoms with E-state index in [0.717, 1.165) is 23.1 Å². The number of carbonyl (C=O) groups is 2. The van der Waals surface area contributed by atoms with Gasteiger partial charge in [-0.3, -0.25) is 14.6 Å². The Labute approximate surface area is 196 Å². The molecule has 2 aromatic carbocycles. The number of benzene rings is 2. The van der Waals surface area contributed by atoms with Crippen LogP contribution in [0.25, 0.3) is 11.1 Å². The van der Waals surface area contributed by atoms with E-state index in [1.165, 1.54) is 0 Å². The Kier molecular flexibility index (Phi) is 7.39. The molecule has 0 radical (unpaired) electrons. The van der Waals surface area contributed by atoms with Crippen LogP contribution >= 0.6 is 0 Å². The minimum absolute atomic E-state index is 0.134. The van der Waals surface area contributed by atoms with Crippen LogP contribution in [0.1, 0.15) is 46.6 Å². The molecule has 2 N–H and O–H groups in total. The summed E-state index contributed by atoms with van der Waals surface area (Å²) in [5, 5.41) is 20.1. The van der Waals surface area contributed by atoms with Gasteiger partial charge in [0.2, 0.25) is 11.8 Å². The Morgan fingerprint density at radius 3 is 2.41 bits per heavy atom. The second-order valence-electron chi connectivity index (χ2n) is 7.80. The number of carbonyl (C=O) groups excluding carboxylic acids is 1. The van der Waals surface area contributed by atoms with Crippen molar-refractivity contribution in [3.05, 3.63) is 102 Å². The number of hydrogen-bond donors (Lipinski definition) is 2. The summed E-state index contributed by atoms with van der Waals surface area (Å²) < 4.78 is 5.78. The lowest BCUT2D eigenvalue weighted by molar-refractivity contribution is -0.137. The molecule has 172 valence electrons. The molecule has 2 aromatic heterocycles. The van der Waals surface area contributed by atoms with Crippen molar-refractivity contribution in [2.24, 2.45) is 0 Å². The number of aromatic nitrogens is 3. The van der Waals surface area contributed by atoms with E-state index in [-0.39, 0.29) is 24.6 Å². The molecule has 0 spiro atoms. The first-order valence-electron chi connectivity index (χ1n) is 11.0. The minimum atomic E-state index is -0.969. The first kappa shape index (κ1) is 22.8. The van der Waals surface area contributed by atoms with Crippen LogP contribution in [0.4, 0.5) is 0 Å². The molecule has 0 saturated carbocycles.